The number of carboxylic acids is 1. The molecule has 0 atom stereocenters. The van der Waals surface area contributed by atoms with Crippen LogP contribution in [0.4, 0.5) is 0 Å². The molecule has 0 aliphatic rings. The fraction of sp³-hybridized carbons (Fsp3) is 0. The Labute approximate surface area is 65.1 Å². The molecular weight excluding hydrogens is 144 g/mol. The number of H-pyrrole nitrogens is 1. The van der Waals surface area contributed by atoms with Crippen molar-refractivity contribution in [3.8, 4) is 5.75 Å². The first-order valence-corrected chi connectivity index (χ1v) is 2.73. The molecule has 0 bridgehead atoms. The maximum absolute atomic E-state index is 10.3. The second kappa shape index (κ2) is 2.38. The van der Waals surface area contributed by atoms with Crippen LogP contribution in [-0.2, 0) is 0 Å². The number of aromatic carboxylic acids is 1. The maximum Gasteiger partial charge on any atom is 0.356 e. The molecule has 1 heterocycles. The van der Waals surface area contributed by atoms with E-state index in [0.717, 1.165) is 0 Å². The SMILES string of the molecule is [B]c1[nH]c(C(=O)O)c(O)c1[B]. The van der Waals surface area contributed by atoms with E-state index in [1.165, 1.54) is 0 Å². The minimum atomic E-state index is -1.30. The molecule has 3 N–H and O–H groups in total. The van der Waals surface area contributed by atoms with Crippen LogP contribution in [0.25, 0.3) is 0 Å². The molecule has 11 heavy (non-hydrogen) atoms. The van der Waals surface area contributed by atoms with Crippen LogP contribution in [0.3, 0.4) is 0 Å². The van der Waals surface area contributed by atoms with Gasteiger partial charge in [-0.25, -0.2) is 4.79 Å². The number of nitrogens with one attached hydrogen (secondary N) is 1. The molecule has 1 aromatic heterocycles. The summed E-state index contributed by atoms with van der Waals surface area (Å²) in [6.45, 7) is 0. The molecule has 0 aromatic carbocycles. The van der Waals surface area contributed by atoms with Gasteiger partial charge in [0.15, 0.2) is 5.69 Å². The highest BCUT2D eigenvalue weighted by molar-refractivity contribution is 6.49. The topological polar surface area (TPSA) is 73.3 Å². The molecule has 4 radical (unpaired) electrons. The highest BCUT2D eigenvalue weighted by Crippen LogP contribution is 2.08. The van der Waals surface area contributed by atoms with Gasteiger partial charge in [-0.3, -0.25) is 0 Å². The first-order chi connectivity index (χ1) is 5.04. The molecule has 1 aromatic rings. The lowest BCUT2D eigenvalue weighted by Gasteiger charge is -1.90. The normalized spacial score (nSPS) is 9.82. The summed E-state index contributed by atoms with van der Waals surface area (Å²) in [6.07, 6.45) is 0. The molecule has 0 amide bonds. The Bertz CT molecular complexity index is 307. The molecule has 6 heteroatoms. The maximum atomic E-state index is 10.3. The molecule has 0 aliphatic carbocycles. The quantitative estimate of drug-likeness (QED) is 0.402. The summed E-state index contributed by atoms with van der Waals surface area (Å²) in [4.78, 5) is 12.5. The number of aromatic nitrogens is 1. The van der Waals surface area contributed by atoms with Crippen LogP contribution in [0, 0.1) is 0 Å². The lowest BCUT2D eigenvalue weighted by Crippen LogP contribution is -2.23. The van der Waals surface area contributed by atoms with E-state index in [2.05, 4.69) is 4.98 Å². The minimum Gasteiger partial charge on any atom is -0.506 e. The lowest BCUT2D eigenvalue weighted by atomic mass is 9.87. The van der Waals surface area contributed by atoms with Crippen LogP contribution >= 0.6 is 0 Å². The Morgan fingerprint density at radius 2 is 2.00 bits per heavy atom. The van der Waals surface area contributed by atoms with Crippen molar-refractivity contribution in [2.24, 2.45) is 0 Å². The van der Waals surface area contributed by atoms with Gasteiger partial charge in [0.2, 0.25) is 0 Å². The Morgan fingerprint density at radius 3 is 2.18 bits per heavy atom. The highest BCUT2D eigenvalue weighted by atomic mass is 16.4. The van der Waals surface area contributed by atoms with Crippen LogP contribution < -0.4 is 11.1 Å². The zero-order valence-corrected chi connectivity index (χ0v) is 5.46. The van der Waals surface area contributed by atoms with E-state index in [1.54, 1.807) is 0 Å². The van der Waals surface area contributed by atoms with E-state index in [1.807, 2.05) is 0 Å². The van der Waals surface area contributed by atoms with Crippen LogP contribution in [0.5, 0.6) is 5.75 Å². The molecule has 1 rings (SSSR count). The number of hydrogen-bond acceptors (Lipinski definition) is 2. The monoisotopic (exact) mass is 147 g/mol. The van der Waals surface area contributed by atoms with Gasteiger partial charge in [-0.2, -0.15) is 0 Å². The van der Waals surface area contributed by atoms with Crippen molar-refractivity contribution in [2.75, 3.05) is 0 Å². The molecule has 0 aliphatic heterocycles. The number of aromatic amines is 1. The minimum absolute atomic E-state index is 0.0418. The van der Waals surface area contributed by atoms with Gasteiger partial charge < -0.3 is 15.2 Å². The Hall–Kier alpha value is -1.32. The lowest BCUT2D eigenvalue weighted by molar-refractivity contribution is 0.0688. The Kier molecular flexibility index (Phi) is 1.68. The summed E-state index contributed by atoms with van der Waals surface area (Å²) in [5.41, 5.74) is -0.567. The zero-order valence-electron chi connectivity index (χ0n) is 5.46. The third-order valence-corrected chi connectivity index (χ3v) is 1.26. The first kappa shape index (κ1) is 7.78. The van der Waals surface area contributed by atoms with Gasteiger partial charge in [0.25, 0.3) is 0 Å². The van der Waals surface area contributed by atoms with Crippen molar-refractivity contribution in [3.63, 3.8) is 0 Å². The van der Waals surface area contributed by atoms with E-state index in [9.17, 15) is 4.79 Å². The Morgan fingerprint density at radius 1 is 1.45 bits per heavy atom. The largest absolute Gasteiger partial charge is 0.506 e. The van der Waals surface area contributed by atoms with Crippen LogP contribution in [-0.4, -0.2) is 36.9 Å². The first-order valence-electron chi connectivity index (χ1n) is 2.73. The van der Waals surface area contributed by atoms with Crippen LogP contribution in [0.1, 0.15) is 10.5 Å². The van der Waals surface area contributed by atoms with Crippen molar-refractivity contribution in [1.29, 1.82) is 0 Å². The predicted molar refractivity (Wildman–Crippen MR) is 40.2 cm³/mol. The zero-order chi connectivity index (χ0) is 8.59. The van der Waals surface area contributed by atoms with Crippen molar-refractivity contribution < 1.29 is 15.0 Å². The molecule has 4 nitrogen and oxygen atoms in total. The van der Waals surface area contributed by atoms with E-state index in [-0.39, 0.29) is 16.8 Å². The fourth-order valence-corrected chi connectivity index (χ4v) is 0.678. The van der Waals surface area contributed by atoms with Gasteiger partial charge in [-0.1, -0.05) is 0 Å². The highest BCUT2D eigenvalue weighted by Gasteiger charge is 2.14. The number of hydrogen-bond donors (Lipinski definition) is 3. The van der Waals surface area contributed by atoms with Gasteiger partial charge in [0, 0.05) is 0 Å². The Balaban J connectivity index is 3.29. The van der Waals surface area contributed by atoms with E-state index in [0.29, 0.717) is 0 Å². The van der Waals surface area contributed by atoms with E-state index in [4.69, 9.17) is 25.9 Å². The summed E-state index contributed by atoms with van der Waals surface area (Å²) in [5.74, 6) is -1.82. The van der Waals surface area contributed by atoms with E-state index < -0.39 is 11.7 Å². The van der Waals surface area contributed by atoms with Crippen molar-refractivity contribution in [3.05, 3.63) is 5.69 Å². The molecule has 52 valence electrons. The predicted octanol–water partition coefficient (Wildman–Crippen LogP) is -1.99. The van der Waals surface area contributed by atoms with Gasteiger partial charge in [-0.15, -0.1) is 0 Å². The summed E-state index contributed by atoms with van der Waals surface area (Å²) < 4.78 is 0. The summed E-state index contributed by atoms with van der Waals surface area (Å²) in [7, 11) is 10.3. The average molecular weight is 147 g/mol. The number of carbonyl (C=O) groups is 1. The third-order valence-electron chi connectivity index (χ3n) is 1.26. The van der Waals surface area contributed by atoms with Gasteiger partial charge in [0.05, 0.1) is 0 Å². The van der Waals surface area contributed by atoms with Crippen molar-refractivity contribution in [1.82, 2.24) is 4.98 Å². The molecule has 0 saturated heterocycles. The number of aromatic hydroxyl groups is 1. The number of carboxylic acid groups (broad SMARTS) is 1. The molecule has 0 spiro atoms. The van der Waals surface area contributed by atoms with Gasteiger partial charge in [0.1, 0.15) is 21.4 Å². The van der Waals surface area contributed by atoms with Gasteiger partial charge in [-0.05, 0) is 11.1 Å². The molecule has 0 saturated carbocycles. The van der Waals surface area contributed by atoms with Crippen LogP contribution in [0.15, 0.2) is 0 Å². The summed E-state index contributed by atoms with van der Waals surface area (Å²) >= 11 is 0. The van der Waals surface area contributed by atoms with Crippen LogP contribution in [0.2, 0.25) is 0 Å². The van der Waals surface area contributed by atoms with Crippen molar-refractivity contribution in [2.45, 2.75) is 0 Å². The standard InChI is InChI=1S/C5H3B2NO3/c6-1-3(9)2(5(10)11)8-4(1)7/h8-9H,(H,10,11). The van der Waals surface area contributed by atoms with E-state index >= 15 is 0 Å². The van der Waals surface area contributed by atoms with Gasteiger partial charge >= 0.3 is 5.97 Å². The number of rotatable bonds is 1. The summed E-state index contributed by atoms with van der Waals surface area (Å²) in [5, 5.41) is 17.4. The smallest absolute Gasteiger partial charge is 0.356 e. The fourth-order valence-electron chi connectivity index (χ4n) is 0.678. The van der Waals surface area contributed by atoms with Crippen molar-refractivity contribution >= 4 is 32.7 Å². The summed E-state index contributed by atoms with van der Waals surface area (Å²) in [6, 6.07) is 0. The second-order valence-corrected chi connectivity index (χ2v) is 1.98. The third kappa shape index (κ3) is 1.11. The average Bonchev–Trinajstić information content (AvgIpc) is 2.17. The second-order valence-electron chi connectivity index (χ2n) is 1.98. The molecule has 0 fully saturated rings. The molecular formula is C5H3B2NO3. The molecule has 0 unspecified atom stereocenters.